The Morgan fingerprint density at radius 1 is 1.11 bits per heavy atom. The highest BCUT2D eigenvalue weighted by molar-refractivity contribution is 5.32. The largest absolute Gasteiger partial charge is 0.394 e. The second-order valence-electron chi connectivity index (χ2n) is 8.92. The van der Waals surface area contributed by atoms with Crippen molar-refractivity contribution in [3.8, 4) is 0 Å². The first-order valence-corrected chi connectivity index (χ1v) is 9.50. The molecule has 2 saturated heterocycles. The van der Waals surface area contributed by atoms with Crippen molar-refractivity contribution in [1.82, 2.24) is 0 Å². The van der Waals surface area contributed by atoms with E-state index in [1.807, 2.05) is 13.0 Å². The molecule has 5 N–H and O–H groups in total. The van der Waals surface area contributed by atoms with Crippen LogP contribution in [-0.2, 0) is 14.2 Å². The fraction of sp³-hybridized carbons (Fsp3) is 0.895. The van der Waals surface area contributed by atoms with Gasteiger partial charge in [-0.15, -0.1) is 0 Å². The minimum absolute atomic E-state index is 0.301. The van der Waals surface area contributed by atoms with Crippen LogP contribution in [0.1, 0.15) is 40.5 Å². The molecule has 0 aromatic rings. The molecule has 1 aliphatic carbocycles. The lowest BCUT2D eigenvalue weighted by atomic mass is 9.63. The lowest BCUT2D eigenvalue weighted by Crippen LogP contribution is -2.60. The lowest BCUT2D eigenvalue weighted by molar-refractivity contribution is -0.315. The van der Waals surface area contributed by atoms with Crippen LogP contribution in [0.3, 0.4) is 0 Å². The van der Waals surface area contributed by atoms with Crippen molar-refractivity contribution in [2.75, 3.05) is 6.61 Å². The van der Waals surface area contributed by atoms with Gasteiger partial charge in [-0.3, -0.25) is 0 Å². The Morgan fingerprint density at radius 2 is 1.78 bits per heavy atom. The highest BCUT2D eigenvalue weighted by Gasteiger charge is 2.75. The van der Waals surface area contributed by atoms with E-state index in [1.54, 1.807) is 13.0 Å². The van der Waals surface area contributed by atoms with Crippen LogP contribution in [0.2, 0.25) is 0 Å². The fourth-order valence-electron chi connectivity index (χ4n) is 4.78. The van der Waals surface area contributed by atoms with Crippen LogP contribution >= 0.6 is 0 Å². The maximum atomic E-state index is 10.2. The number of aliphatic hydroxyl groups excluding tert-OH is 5. The third-order valence-corrected chi connectivity index (χ3v) is 6.28. The first-order valence-electron chi connectivity index (χ1n) is 9.50. The van der Waals surface area contributed by atoms with Crippen LogP contribution in [0.4, 0.5) is 0 Å². The molecule has 27 heavy (non-hydrogen) atoms. The predicted molar refractivity (Wildman–Crippen MR) is 94.7 cm³/mol. The first kappa shape index (κ1) is 21.1. The van der Waals surface area contributed by atoms with E-state index in [2.05, 4.69) is 13.8 Å². The molecule has 3 rings (SSSR count). The van der Waals surface area contributed by atoms with Crippen molar-refractivity contribution < 1.29 is 39.7 Å². The number of hydrogen-bond donors (Lipinski definition) is 5. The summed E-state index contributed by atoms with van der Waals surface area (Å²) in [5, 5.41) is 49.0. The van der Waals surface area contributed by atoms with E-state index in [4.69, 9.17) is 14.2 Å². The quantitative estimate of drug-likeness (QED) is 0.313. The van der Waals surface area contributed by atoms with Crippen molar-refractivity contribution in [1.29, 1.82) is 0 Å². The summed E-state index contributed by atoms with van der Waals surface area (Å²) in [7, 11) is 0. The Hall–Kier alpha value is -0.580. The Balaban J connectivity index is 1.72. The molecule has 0 aromatic carbocycles. The SMILES string of the molecule is C[C@@H](O)/C=C/[C@@]12O[C@]1(C)C[C@H](O[C@H]1O[C@H](CO)[C@H](O)[C@@H](O)[C@@H]1O)CC2(C)C. The molecule has 0 amide bonds. The Morgan fingerprint density at radius 3 is 2.33 bits per heavy atom. The predicted octanol–water partition coefficient (Wildman–Crippen LogP) is -0.544. The van der Waals surface area contributed by atoms with E-state index in [-0.39, 0.29) is 11.5 Å². The summed E-state index contributed by atoms with van der Waals surface area (Å²) in [6.45, 7) is 7.31. The van der Waals surface area contributed by atoms with Gasteiger partial charge in [-0.05, 0) is 20.3 Å². The van der Waals surface area contributed by atoms with E-state index in [1.165, 1.54) is 0 Å². The normalized spacial score (nSPS) is 50.4. The molecule has 0 aromatic heterocycles. The molecular formula is C19H32O8. The molecule has 0 bridgehead atoms. The highest BCUT2D eigenvalue weighted by Crippen LogP contribution is 2.66. The number of aliphatic hydroxyl groups is 5. The number of rotatable bonds is 5. The average Bonchev–Trinajstić information content (AvgIpc) is 3.20. The van der Waals surface area contributed by atoms with Gasteiger partial charge in [0.25, 0.3) is 0 Å². The molecule has 156 valence electrons. The van der Waals surface area contributed by atoms with Crippen LogP contribution in [0, 0.1) is 5.41 Å². The Kier molecular flexibility index (Phi) is 5.51. The molecule has 2 aliphatic heterocycles. The van der Waals surface area contributed by atoms with E-state index < -0.39 is 54.6 Å². The summed E-state index contributed by atoms with van der Waals surface area (Å²) in [5.41, 5.74) is -1.27. The average molecular weight is 388 g/mol. The van der Waals surface area contributed by atoms with Crippen LogP contribution in [0.15, 0.2) is 12.2 Å². The molecule has 9 atom stereocenters. The fourth-order valence-corrected chi connectivity index (χ4v) is 4.78. The minimum Gasteiger partial charge on any atom is -0.394 e. The van der Waals surface area contributed by atoms with Crippen LogP contribution < -0.4 is 0 Å². The zero-order valence-corrected chi connectivity index (χ0v) is 16.3. The molecule has 8 nitrogen and oxygen atoms in total. The van der Waals surface area contributed by atoms with Crippen LogP contribution in [0.5, 0.6) is 0 Å². The van der Waals surface area contributed by atoms with Gasteiger partial charge in [0.2, 0.25) is 0 Å². The molecule has 2 heterocycles. The first-order chi connectivity index (χ1) is 12.5. The van der Waals surface area contributed by atoms with Crippen molar-refractivity contribution in [3.05, 3.63) is 12.2 Å². The van der Waals surface area contributed by atoms with Gasteiger partial charge in [0.1, 0.15) is 35.6 Å². The summed E-state index contributed by atoms with van der Waals surface area (Å²) in [5.74, 6) is 0. The zero-order chi connectivity index (χ0) is 20.2. The summed E-state index contributed by atoms with van der Waals surface area (Å²) in [4.78, 5) is 0. The molecule has 3 fully saturated rings. The number of hydrogen-bond acceptors (Lipinski definition) is 8. The molecule has 0 radical (unpaired) electrons. The maximum Gasteiger partial charge on any atom is 0.186 e. The zero-order valence-electron chi connectivity index (χ0n) is 16.3. The second kappa shape index (κ2) is 7.03. The second-order valence-corrected chi connectivity index (χ2v) is 8.92. The van der Waals surface area contributed by atoms with Crippen LogP contribution in [0.25, 0.3) is 0 Å². The van der Waals surface area contributed by atoms with Crippen molar-refractivity contribution in [3.63, 3.8) is 0 Å². The molecular weight excluding hydrogens is 356 g/mol. The lowest BCUT2D eigenvalue weighted by Gasteiger charge is -2.44. The van der Waals surface area contributed by atoms with Gasteiger partial charge in [-0.2, -0.15) is 0 Å². The van der Waals surface area contributed by atoms with Crippen molar-refractivity contribution in [2.24, 2.45) is 5.41 Å². The molecule has 8 heteroatoms. The van der Waals surface area contributed by atoms with E-state index in [9.17, 15) is 25.5 Å². The molecule has 0 unspecified atom stereocenters. The van der Waals surface area contributed by atoms with Gasteiger partial charge in [0.15, 0.2) is 6.29 Å². The van der Waals surface area contributed by atoms with Gasteiger partial charge in [-0.25, -0.2) is 0 Å². The summed E-state index contributed by atoms with van der Waals surface area (Å²) < 4.78 is 17.6. The minimum atomic E-state index is -1.46. The van der Waals surface area contributed by atoms with Crippen molar-refractivity contribution in [2.45, 2.75) is 94.7 Å². The smallest absolute Gasteiger partial charge is 0.186 e. The summed E-state index contributed by atoms with van der Waals surface area (Å²) in [6.07, 6.45) is -2.47. The van der Waals surface area contributed by atoms with Crippen molar-refractivity contribution >= 4 is 0 Å². The van der Waals surface area contributed by atoms with Crippen LogP contribution in [-0.4, -0.2) is 86.3 Å². The van der Waals surface area contributed by atoms with E-state index >= 15 is 0 Å². The number of epoxide rings is 1. The van der Waals surface area contributed by atoms with E-state index in [0.29, 0.717) is 12.8 Å². The monoisotopic (exact) mass is 388 g/mol. The summed E-state index contributed by atoms with van der Waals surface area (Å²) in [6, 6.07) is 0. The van der Waals surface area contributed by atoms with E-state index in [0.717, 1.165) is 0 Å². The third-order valence-electron chi connectivity index (χ3n) is 6.28. The van der Waals surface area contributed by atoms with Gasteiger partial charge >= 0.3 is 0 Å². The maximum absolute atomic E-state index is 10.2. The molecule has 0 spiro atoms. The van der Waals surface area contributed by atoms with Gasteiger partial charge in [0, 0.05) is 11.8 Å². The standard InChI is InChI=1S/C19H32O8/c1-10(21)5-6-19-17(2,3)7-11(8-18(19,4)27-19)25-16-15(24)14(23)13(22)12(9-20)26-16/h5-6,10-16,20-24H,7-9H2,1-4H3/b6-5+/t10-,11-,12-,13+,14-,15+,16+,18-,19+/m1/s1. The van der Waals surface area contributed by atoms with Gasteiger partial charge < -0.3 is 39.7 Å². The Labute approximate surface area is 159 Å². The van der Waals surface area contributed by atoms with Gasteiger partial charge in [-0.1, -0.05) is 26.0 Å². The highest BCUT2D eigenvalue weighted by atomic mass is 16.7. The number of ether oxygens (including phenoxy) is 3. The number of fused-ring (bicyclic) bond motifs is 1. The Bertz CT molecular complexity index is 576. The third kappa shape index (κ3) is 3.47. The topological polar surface area (TPSA) is 132 Å². The summed E-state index contributed by atoms with van der Waals surface area (Å²) >= 11 is 0. The molecule has 1 saturated carbocycles. The van der Waals surface area contributed by atoms with Gasteiger partial charge in [0.05, 0.1) is 18.8 Å². The molecule has 3 aliphatic rings.